The first kappa shape index (κ1) is 19.9. The third kappa shape index (κ3) is 4.36. The van der Waals surface area contributed by atoms with Crippen molar-refractivity contribution in [2.24, 2.45) is 0 Å². The van der Waals surface area contributed by atoms with Gasteiger partial charge in [0, 0.05) is 58.9 Å². The Hall–Kier alpha value is -2.80. The molecule has 7 heteroatoms. The number of pyridine rings is 1. The van der Waals surface area contributed by atoms with Crippen LogP contribution in [-0.2, 0) is 20.4 Å². The largest absolute Gasteiger partial charge is 0.511 e. The van der Waals surface area contributed by atoms with Crippen molar-refractivity contribution in [2.45, 2.75) is 37.0 Å². The number of hydrogen-bond donors (Lipinski definition) is 1. The summed E-state index contributed by atoms with van der Waals surface area (Å²) in [6, 6.07) is 12.1. The Morgan fingerprint density at radius 1 is 1.14 bits per heavy atom. The van der Waals surface area contributed by atoms with Crippen LogP contribution in [0.4, 0.5) is 0 Å². The molecule has 0 saturated heterocycles. The van der Waals surface area contributed by atoms with Crippen LogP contribution in [0.25, 0.3) is 0 Å². The molecule has 146 valence electrons. The van der Waals surface area contributed by atoms with Crippen LogP contribution in [0.5, 0.6) is 11.6 Å². The van der Waals surface area contributed by atoms with Crippen molar-refractivity contribution in [3.05, 3.63) is 59.5 Å². The third-order valence-corrected chi connectivity index (χ3v) is 5.52. The molecule has 1 aliphatic carbocycles. The Bertz CT molecular complexity index is 945. The van der Waals surface area contributed by atoms with Crippen molar-refractivity contribution >= 4 is 22.4 Å². The van der Waals surface area contributed by atoms with Gasteiger partial charge in [0.25, 0.3) is 0 Å². The van der Waals surface area contributed by atoms with Gasteiger partial charge in [0.15, 0.2) is 11.6 Å². The summed E-state index contributed by atoms with van der Waals surface area (Å²) >= 11 is 0. The van der Waals surface area contributed by atoms with Gasteiger partial charge in [0.1, 0.15) is 11.5 Å². The van der Waals surface area contributed by atoms with E-state index in [4.69, 9.17) is 4.74 Å². The number of hydrogen-bond acceptors (Lipinski definition) is 6. The molecular formula is C21H21NO5S. The van der Waals surface area contributed by atoms with Gasteiger partial charge in [-0.1, -0.05) is 13.0 Å². The van der Waals surface area contributed by atoms with Crippen LogP contribution in [0.2, 0.25) is 0 Å². The van der Waals surface area contributed by atoms with Gasteiger partial charge in [-0.15, -0.1) is 0 Å². The SMILES string of the molecule is CCC(O)=C1C(=O)CC(c2cccc(Oc3ccc(S(C)=O)cc3)n2)CC1=O. The minimum absolute atomic E-state index is 0.0699. The third-order valence-electron chi connectivity index (χ3n) is 4.59. The van der Waals surface area contributed by atoms with Crippen LogP contribution in [0.3, 0.4) is 0 Å². The molecular weight excluding hydrogens is 378 g/mol. The Morgan fingerprint density at radius 2 is 1.79 bits per heavy atom. The van der Waals surface area contributed by atoms with E-state index in [0.717, 1.165) is 0 Å². The van der Waals surface area contributed by atoms with Gasteiger partial charge >= 0.3 is 0 Å². The topological polar surface area (TPSA) is 93.6 Å². The molecule has 0 amide bonds. The van der Waals surface area contributed by atoms with Gasteiger partial charge in [-0.3, -0.25) is 13.8 Å². The van der Waals surface area contributed by atoms with Crippen LogP contribution in [0.1, 0.15) is 37.8 Å². The lowest BCUT2D eigenvalue weighted by atomic mass is 9.81. The van der Waals surface area contributed by atoms with Crippen LogP contribution in [0, 0.1) is 0 Å². The number of aliphatic hydroxyl groups excluding tert-OH is 1. The predicted octanol–water partition coefficient (Wildman–Crippen LogP) is 3.85. The van der Waals surface area contributed by atoms with E-state index >= 15 is 0 Å². The van der Waals surface area contributed by atoms with Gasteiger partial charge < -0.3 is 9.84 Å². The average Bonchev–Trinajstić information content (AvgIpc) is 2.68. The lowest BCUT2D eigenvalue weighted by Crippen LogP contribution is -2.26. The summed E-state index contributed by atoms with van der Waals surface area (Å²) in [6.45, 7) is 1.70. The Kier molecular flexibility index (Phi) is 6.04. The zero-order valence-electron chi connectivity index (χ0n) is 15.7. The van der Waals surface area contributed by atoms with Gasteiger partial charge in [-0.25, -0.2) is 4.98 Å². The Labute approximate surface area is 165 Å². The first-order valence-corrected chi connectivity index (χ1v) is 10.5. The summed E-state index contributed by atoms with van der Waals surface area (Å²) in [6.07, 6.45) is 2.11. The lowest BCUT2D eigenvalue weighted by molar-refractivity contribution is -0.124. The molecule has 1 aromatic carbocycles. The summed E-state index contributed by atoms with van der Waals surface area (Å²) in [5, 5.41) is 9.83. The van der Waals surface area contributed by atoms with E-state index in [1.54, 1.807) is 55.6 Å². The molecule has 1 fully saturated rings. The van der Waals surface area contributed by atoms with E-state index in [1.165, 1.54) is 0 Å². The normalized spacial score (nSPS) is 18.1. The maximum Gasteiger partial charge on any atom is 0.219 e. The fourth-order valence-corrected chi connectivity index (χ4v) is 3.64. The van der Waals surface area contributed by atoms with E-state index in [1.807, 2.05) is 0 Å². The molecule has 1 atom stereocenters. The molecule has 1 aliphatic rings. The second-order valence-electron chi connectivity index (χ2n) is 6.56. The summed E-state index contributed by atoms with van der Waals surface area (Å²) < 4.78 is 17.2. The Balaban J connectivity index is 1.77. The highest BCUT2D eigenvalue weighted by molar-refractivity contribution is 7.84. The number of allylic oxidation sites excluding steroid dienone is 2. The maximum atomic E-state index is 12.3. The average molecular weight is 399 g/mol. The minimum atomic E-state index is -1.06. The molecule has 0 bridgehead atoms. The Morgan fingerprint density at radius 3 is 2.36 bits per heavy atom. The predicted molar refractivity (Wildman–Crippen MR) is 105 cm³/mol. The van der Waals surface area contributed by atoms with Crippen molar-refractivity contribution in [1.82, 2.24) is 4.98 Å². The minimum Gasteiger partial charge on any atom is -0.511 e. The number of rotatable bonds is 5. The smallest absolute Gasteiger partial charge is 0.219 e. The van der Waals surface area contributed by atoms with Crippen molar-refractivity contribution in [2.75, 3.05) is 6.26 Å². The molecule has 3 rings (SSSR count). The molecule has 1 N–H and O–H groups in total. The van der Waals surface area contributed by atoms with Crippen LogP contribution in [-0.4, -0.2) is 32.1 Å². The van der Waals surface area contributed by atoms with Crippen molar-refractivity contribution in [3.8, 4) is 11.6 Å². The van der Waals surface area contributed by atoms with Crippen LogP contribution in [0.15, 0.2) is 58.7 Å². The van der Waals surface area contributed by atoms with E-state index in [2.05, 4.69) is 4.98 Å². The molecule has 28 heavy (non-hydrogen) atoms. The van der Waals surface area contributed by atoms with Crippen molar-refractivity contribution < 1.29 is 23.6 Å². The number of aliphatic hydroxyl groups is 1. The second kappa shape index (κ2) is 8.48. The number of carbonyl (C=O) groups is 2. The highest BCUT2D eigenvalue weighted by Gasteiger charge is 2.34. The molecule has 1 heterocycles. The summed E-state index contributed by atoms with van der Waals surface area (Å²) in [7, 11) is -1.06. The zero-order valence-corrected chi connectivity index (χ0v) is 16.5. The molecule has 1 unspecified atom stereocenters. The monoisotopic (exact) mass is 399 g/mol. The maximum absolute atomic E-state index is 12.3. The number of aromatic nitrogens is 1. The molecule has 0 aliphatic heterocycles. The van der Waals surface area contributed by atoms with Crippen LogP contribution >= 0.6 is 0 Å². The number of benzene rings is 1. The first-order valence-electron chi connectivity index (χ1n) is 8.95. The highest BCUT2D eigenvalue weighted by atomic mass is 32.2. The van der Waals surface area contributed by atoms with Crippen LogP contribution < -0.4 is 4.74 Å². The summed E-state index contributed by atoms with van der Waals surface area (Å²) in [5.74, 6) is -0.293. The van der Waals surface area contributed by atoms with E-state index in [0.29, 0.717) is 22.2 Å². The highest BCUT2D eigenvalue weighted by Crippen LogP contribution is 2.33. The number of nitrogens with zero attached hydrogens (tertiary/aromatic N) is 1. The first-order chi connectivity index (χ1) is 13.4. The number of Topliss-reactive ketones (excluding diaryl/α,β-unsaturated/α-hetero) is 2. The van der Waals surface area contributed by atoms with Gasteiger partial charge in [0.05, 0.1) is 5.57 Å². The number of ether oxygens (including phenoxy) is 1. The second-order valence-corrected chi connectivity index (χ2v) is 7.93. The molecule has 2 aromatic rings. The van der Waals surface area contributed by atoms with Gasteiger partial charge in [-0.2, -0.15) is 0 Å². The fourth-order valence-electron chi connectivity index (χ4n) is 3.12. The number of carbonyl (C=O) groups excluding carboxylic acids is 2. The summed E-state index contributed by atoms with van der Waals surface area (Å²) in [5.41, 5.74) is 0.528. The van der Waals surface area contributed by atoms with E-state index < -0.39 is 10.8 Å². The zero-order chi connectivity index (χ0) is 20.3. The van der Waals surface area contributed by atoms with Gasteiger partial charge in [0.2, 0.25) is 5.88 Å². The fraction of sp³-hybridized carbons (Fsp3) is 0.286. The molecule has 0 radical (unpaired) electrons. The van der Waals surface area contributed by atoms with E-state index in [-0.39, 0.29) is 48.1 Å². The summed E-state index contributed by atoms with van der Waals surface area (Å²) in [4.78, 5) is 29.8. The standard InChI is InChI=1S/C21H21NO5S/c1-3-17(23)21-18(24)11-13(12-19(21)25)16-5-4-6-20(22-16)27-14-7-9-15(10-8-14)28(2)26/h4-10,13,23H,3,11-12H2,1-2H3. The molecule has 1 aromatic heterocycles. The molecule has 6 nitrogen and oxygen atoms in total. The lowest BCUT2D eigenvalue weighted by Gasteiger charge is -2.22. The van der Waals surface area contributed by atoms with Crippen molar-refractivity contribution in [3.63, 3.8) is 0 Å². The molecule has 0 spiro atoms. The quantitative estimate of drug-likeness (QED) is 0.466. The van der Waals surface area contributed by atoms with Crippen molar-refractivity contribution in [1.29, 1.82) is 0 Å². The number of ketones is 2. The molecule has 1 saturated carbocycles. The van der Waals surface area contributed by atoms with E-state index in [9.17, 15) is 18.9 Å². The van der Waals surface area contributed by atoms with Gasteiger partial charge in [-0.05, 0) is 30.3 Å².